The van der Waals surface area contributed by atoms with Gasteiger partial charge in [-0.2, -0.15) is 0 Å². The molecule has 1 atom stereocenters. The van der Waals surface area contributed by atoms with Crippen molar-refractivity contribution in [1.82, 2.24) is 10.6 Å². The molecular weight excluding hydrogens is 220 g/mol. The molecule has 1 aliphatic carbocycles. The van der Waals surface area contributed by atoms with E-state index in [2.05, 4.69) is 17.2 Å². The number of rotatable bonds is 4. The third-order valence-electron chi connectivity index (χ3n) is 3.24. The smallest absolute Gasteiger partial charge is 0.249 e. The fourth-order valence-electron chi connectivity index (χ4n) is 2.19. The second-order valence-corrected chi connectivity index (χ2v) is 4.59. The summed E-state index contributed by atoms with van der Waals surface area (Å²) in [5.74, 6) is -0.167. The number of hydrogen-bond donors (Lipinski definition) is 2. The van der Waals surface area contributed by atoms with Crippen molar-refractivity contribution in [3.63, 3.8) is 0 Å². The number of nitrogens with one attached hydrogen (secondary N) is 2. The molecule has 1 saturated heterocycles. The minimum Gasteiger partial charge on any atom is -0.368 e. The van der Waals surface area contributed by atoms with Crippen LogP contribution >= 0.6 is 0 Å². The zero-order valence-corrected chi connectivity index (χ0v) is 9.78. The first kappa shape index (κ1) is 12.1. The van der Waals surface area contributed by atoms with Crippen molar-refractivity contribution in [1.29, 1.82) is 0 Å². The molecule has 0 spiro atoms. The van der Waals surface area contributed by atoms with Crippen LogP contribution in [0.15, 0.2) is 12.7 Å². The van der Waals surface area contributed by atoms with Crippen LogP contribution in [-0.4, -0.2) is 36.6 Å². The minimum atomic E-state index is -0.267. The van der Waals surface area contributed by atoms with E-state index in [1.807, 2.05) is 0 Å². The first-order chi connectivity index (χ1) is 8.19. The highest BCUT2D eigenvalue weighted by Gasteiger charge is 2.33. The Morgan fingerprint density at radius 3 is 2.53 bits per heavy atom. The van der Waals surface area contributed by atoms with Crippen LogP contribution in [0.1, 0.15) is 25.7 Å². The molecular formula is C12H18N2O3. The second-order valence-electron chi connectivity index (χ2n) is 4.59. The number of hydrogen-bond acceptors (Lipinski definition) is 3. The Bertz CT molecular complexity index is 318. The second kappa shape index (κ2) is 5.31. The molecule has 2 fully saturated rings. The van der Waals surface area contributed by atoms with Crippen molar-refractivity contribution < 1.29 is 14.3 Å². The van der Waals surface area contributed by atoms with Gasteiger partial charge in [-0.25, -0.2) is 0 Å². The van der Waals surface area contributed by atoms with Gasteiger partial charge in [0.15, 0.2) is 0 Å². The van der Waals surface area contributed by atoms with Crippen LogP contribution in [0.4, 0.5) is 0 Å². The molecule has 2 rings (SSSR count). The fourth-order valence-corrected chi connectivity index (χ4v) is 2.19. The Labute approximate surface area is 101 Å². The molecule has 0 aromatic rings. The summed E-state index contributed by atoms with van der Waals surface area (Å²) in [6.45, 7) is 4.07. The van der Waals surface area contributed by atoms with Gasteiger partial charge in [0.2, 0.25) is 11.8 Å². The van der Waals surface area contributed by atoms with E-state index in [9.17, 15) is 9.59 Å². The minimum absolute atomic E-state index is 0.0130. The lowest BCUT2D eigenvalue weighted by atomic mass is 9.86. The predicted octanol–water partition coefficient (Wildman–Crippen LogP) is 0.115. The number of ether oxygens (including phenoxy) is 1. The largest absolute Gasteiger partial charge is 0.368 e. The van der Waals surface area contributed by atoms with Crippen molar-refractivity contribution in [3.8, 4) is 0 Å². The lowest BCUT2D eigenvalue weighted by Gasteiger charge is -2.36. The average molecular weight is 238 g/mol. The molecule has 94 valence electrons. The maximum atomic E-state index is 11.7. The summed E-state index contributed by atoms with van der Waals surface area (Å²) in [6.07, 6.45) is 4.35. The van der Waals surface area contributed by atoms with Crippen molar-refractivity contribution in [2.45, 2.75) is 43.9 Å². The van der Waals surface area contributed by atoms with Crippen LogP contribution in [0.5, 0.6) is 0 Å². The van der Waals surface area contributed by atoms with Crippen LogP contribution in [0.2, 0.25) is 0 Å². The van der Waals surface area contributed by atoms with Gasteiger partial charge in [0.1, 0.15) is 6.10 Å². The highest BCUT2D eigenvalue weighted by Crippen LogP contribution is 2.21. The Morgan fingerprint density at radius 1 is 1.24 bits per heavy atom. The molecule has 2 amide bonds. The van der Waals surface area contributed by atoms with E-state index in [0.29, 0.717) is 6.61 Å². The third kappa shape index (κ3) is 3.06. The topological polar surface area (TPSA) is 67.4 Å². The third-order valence-corrected chi connectivity index (χ3v) is 3.24. The van der Waals surface area contributed by atoms with Gasteiger partial charge in [0.05, 0.1) is 0 Å². The van der Waals surface area contributed by atoms with Crippen LogP contribution < -0.4 is 10.6 Å². The van der Waals surface area contributed by atoms with Crippen LogP contribution in [0.25, 0.3) is 0 Å². The van der Waals surface area contributed by atoms with E-state index >= 15 is 0 Å². The predicted molar refractivity (Wildman–Crippen MR) is 62.3 cm³/mol. The van der Waals surface area contributed by atoms with Gasteiger partial charge in [-0.15, -0.1) is 0 Å². The molecule has 0 radical (unpaired) electrons. The lowest BCUT2D eigenvalue weighted by Crippen LogP contribution is -2.55. The Morgan fingerprint density at radius 2 is 1.94 bits per heavy atom. The van der Waals surface area contributed by atoms with Gasteiger partial charge in [0.25, 0.3) is 0 Å². The molecule has 1 saturated carbocycles. The van der Waals surface area contributed by atoms with Crippen LogP contribution in [-0.2, 0) is 14.3 Å². The molecule has 1 heterocycles. The van der Waals surface area contributed by atoms with Crippen molar-refractivity contribution in [2.75, 3.05) is 6.61 Å². The highest BCUT2D eigenvalue weighted by molar-refractivity contribution is 5.87. The number of amides is 2. The maximum Gasteiger partial charge on any atom is 0.249 e. The van der Waals surface area contributed by atoms with Gasteiger partial charge in [-0.3, -0.25) is 9.59 Å². The molecule has 1 aliphatic heterocycles. The summed E-state index contributed by atoms with van der Waals surface area (Å²) in [4.78, 5) is 22.7. The van der Waals surface area contributed by atoms with E-state index in [1.54, 1.807) is 0 Å². The maximum absolute atomic E-state index is 11.7. The summed E-state index contributed by atoms with van der Waals surface area (Å²) in [5, 5.41) is 5.74. The van der Waals surface area contributed by atoms with E-state index in [-0.39, 0.29) is 30.0 Å². The summed E-state index contributed by atoms with van der Waals surface area (Å²) < 4.78 is 5.30. The van der Waals surface area contributed by atoms with Gasteiger partial charge < -0.3 is 15.4 Å². The standard InChI is InChI=1S/C12H18N2O3/c1-2-11(15)13-8-6-9(7-8)14-12(16)10-4-3-5-17-10/h2,8-10H,1,3-7H2,(H,13,15)(H,14,16)/t8?,9?,10-/m1/s1. The van der Waals surface area contributed by atoms with Crippen molar-refractivity contribution in [2.24, 2.45) is 0 Å². The van der Waals surface area contributed by atoms with Crippen LogP contribution in [0, 0.1) is 0 Å². The molecule has 2 N–H and O–H groups in total. The zero-order chi connectivity index (χ0) is 12.3. The van der Waals surface area contributed by atoms with E-state index in [0.717, 1.165) is 25.7 Å². The summed E-state index contributed by atoms with van der Waals surface area (Å²) in [6, 6.07) is 0.331. The molecule has 17 heavy (non-hydrogen) atoms. The first-order valence-electron chi connectivity index (χ1n) is 6.04. The molecule has 0 unspecified atom stereocenters. The molecule has 0 bridgehead atoms. The van der Waals surface area contributed by atoms with E-state index in [1.165, 1.54) is 6.08 Å². The Balaban J connectivity index is 1.64. The quantitative estimate of drug-likeness (QED) is 0.683. The normalized spacial score (nSPS) is 31.4. The van der Waals surface area contributed by atoms with Gasteiger partial charge in [0, 0.05) is 18.7 Å². The number of carbonyl (C=O) groups excluding carboxylic acids is 2. The molecule has 2 aliphatic rings. The number of carbonyl (C=O) groups is 2. The first-order valence-corrected chi connectivity index (χ1v) is 6.04. The Kier molecular flexibility index (Phi) is 3.78. The van der Waals surface area contributed by atoms with Crippen molar-refractivity contribution >= 4 is 11.8 Å². The summed E-state index contributed by atoms with van der Waals surface area (Å²) in [7, 11) is 0. The molecule has 0 aromatic carbocycles. The monoisotopic (exact) mass is 238 g/mol. The van der Waals surface area contributed by atoms with Crippen molar-refractivity contribution in [3.05, 3.63) is 12.7 Å². The fraction of sp³-hybridized carbons (Fsp3) is 0.667. The van der Waals surface area contributed by atoms with E-state index < -0.39 is 0 Å². The zero-order valence-electron chi connectivity index (χ0n) is 9.78. The summed E-state index contributed by atoms with van der Waals surface area (Å²) in [5.41, 5.74) is 0. The highest BCUT2D eigenvalue weighted by atomic mass is 16.5. The van der Waals surface area contributed by atoms with E-state index in [4.69, 9.17) is 4.74 Å². The molecule has 5 nitrogen and oxygen atoms in total. The molecule has 0 aromatic heterocycles. The van der Waals surface area contributed by atoms with Gasteiger partial charge in [-0.05, 0) is 31.8 Å². The Hall–Kier alpha value is -1.36. The van der Waals surface area contributed by atoms with Gasteiger partial charge >= 0.3 is 0 Å². The lowest BCUT2D eigenvalue weighted by molar-refractivity contribution is -0.131. The van der Waals surface area contributed by atoms with Crippen LogP contribution in [0.3, 0.4) is 0 Å². The molecule has 5 heteroatoms. The SMILES string of the molecule is C=CC(=O)NC1CC(NC(=O)[C@H]2CCCO2)C1. The van der Waals surface area contributed by atoms with Gasteiger partial charge in [-0.1, -0.05) is 6.58 Å². The summed E-state index contributed by atoms with van der Waals surface area (Å²) >= 11 is 0. The average Bonchev–Trinajstić information content (AvgIpc) is 2.79.